The fraction of sp³-hybridized carbons (Fsp3) is 0.571. The minimum Gasteiger partial charge on any atom is -0.394 e. The lowest BCUT2D eigenvalue weighted by atomic mass is 10.4. The fourth-order valence-electron chi connectivity index (χ4n) is 0.813. The number of oxime groups is 1. The van der Waals surface area contributed by atoms with Gasteiger partial charge in [0.1, 0.15) is 6.61 Å². The van der Waals surface area contributed by atoms with Crippen molar-refractivity contribution in [2.75, 3.05) is 26.4 Å². The summed E-state index contributed by atoms with van der Waals surface area (Å²) in [4.78, 5) is 6.63. The van der Waals surface area contributed by atoms with Crippen molar-refractivity contribution >= 4 is 11.7 Å². The summed E-state index contributed by atoms with van der Waals surface area (Å²) in [5.41, 5.74) is 5.90. The largest absolute Gasteiger partial charge is 0.394 e. The van der Waals surface area contributed by atoms with Gasteiger partial charge in [-0.1, -0.05) is 5.16 Å². The average Bonchev–Trinajstić information content (AvgIpc) is 2.52. The molecular formula is C7H13N5O2. The molecule has 0 saturated heterocycles. The highest BCUT2D eigenvalue weighted by atomic mass is 16.6. The van der Waals surface area contributed by atoms with Crippen LogP contribution in [0, 0.1) is 0 Å². The second kappa shape index (κ2) is 4.45. The molecule has 0 aliphatic heterocycles. The summed E-state index contributed by atoms with van der Waals surface area (Å²) in [5.74, 6) is 0.669. The van der Waals surface area contributed by atoms with Gasteiger partial charge in [-0.15, -0.1) is 0 Å². The number of nitrogen functional groups attached to an aromatic ring is 1. The molecule has 0 radical (unpaired) electrons. The third-order valence-corrected chi connectivity index (χ3v) is 1.43. The van der Waals surface area contributed by atoms with Gasteiger partial charge in [-0.05, 0) is 17.2 Å². The van der Waals surface area contributed by atoms with Crippen LogP contribution < -0.4 is 5.73 Å². The maximum absolute atomic E-state index is 5.52. The molecule has 1 aromatic rings. The number of amidine groups is 1. The van der Waals surface area contributed by atoms with Gasteiger partial charge in [-0.2, -0.15) is 0 Å². The Kier molecular flexibility index (Phi) is 3.27. The quantitative estimate of drug-likeness (QED) is 0.415. The Morgan fingerprint density at radius 3 is 2.71 bits per heavy atom. The smallest absolute Gasteiger partial charge is 0.201 e. The van der Waals surface area contributed by atoms with Crippen molar-refractivity contribution in [3.8, 4) is 0 Å². The van der Waals surface area contributed by atoms with E-state index in [0.29, 0.717) is 18.1 Å². The Morgan fingerprint density at radius 1 is 1.57 bits per heavy atom. The molecule has 0 spiro atoms. The fourth-order valence-corrected chi connectivity index (χ4v) is 0.813. The molecule has 0 aliphatic carbocycles. The summed E-state index contributed by atoms with van der Waals surface area (Å²) in [6.45, 7) is 2.31. The molecule has 0 aliphatic rings. The van der Waals surface area contributed by atoms with Crippen LogP contribution in [0.3, 0.4) is 0 Å². The van der Waals surface area contributed by atoms with Crippen molar-refractivity contribution < 1.29 is 9.47 Å². The molecule has 1 rings (SSSR count). The third kappa shape index (κ3) is 2.12. The van der Waals surface area contributed by atoms with E-state index in [9.17, 15) is 0 Å². The van der Waals surface area contributed by atoms with Crippen molar-refractivity contribution in [1.82, 2.24) is 15.2 Å². The number of rotatable bonds is 3. The molecule has 0 fully saturated rings. The second-order valence-corrected chi connectivity index (χ2v) is 2.73. The molecule has 14 heavy (non-hydrogen) atoms. The Hall–Kier alpha value is -1.79. The van der Waals surface area contributed by atoms with Crippen LogP contribution in [-0.2, 0) is 4.84 Å². The van der Waals surface area contributed by atoms with E-state index in [1.165, 1.54) is 0 Å². The lowest BCUT2D eigenvalue weighted by molar-refractivity contribution is 0.155. The van der Waals surface area contributed by atoms with E-state index in [2.05, 4.69) is 20.1 Å². The number of hydrogen-bond acceptors (Lipinski definition) is 6. The van der Waals surface area contributed by atoms with Crippen LogP contribution in [0.1, 0.15) is 12.6 Å². The predicted octanol–water partition coefficient (Wildman–Crippen LogP) is -0.0885. The summed E-state index contributed by atoms with van der Waals surface area (Å²) >= 11 is 0. The SMILES string of the molecule is CCO/N=C(/c1nonc1N)N(C)C. The van der Waals surface area contributed by atoms with Crippen molar-refractivity contribution in [3.63, 3.8) is 0 Å². The number of anilines is 1. The van der Waals surface area contributed by atoms with Gasteiger partial charge in [0.15, 0.2) is 11.5 Å². The monoisotopic (exact) mass is 199 g/mol. The normalized spacial score (nSPS) is 11.5. The minimum absolute atomic E-state index is 0.192. The molecule has 0 saturated carbocycles. The van der Waals surface area contributed by atoms with E-state index in [4.69, 9.17) is 10.6 Å². The van der Waals surface area contributed by atoms with E-state index in [0.717, 1.165) is 0 Å². The molecule has 0 amide bonds. The van der Waals surface area contributed by atoms with Gasteiger partial charge in [0.25, 0.3) is 0 Å². The van der Waals surface area contributed by atoms with E-state index >= 15 is 0 Å². The van der Waals surface area contributed by atoms with Gasteiger partial charge in [0.2, 0.25) is 5.84 Å². The van der Waals surface area contributed by atoms with Crippen LogP contribution >= 0.6 is 0 Å². The first-order valence-electron chi connectivity index (χ1n) is 4.12. The van der Waals surface area contributed by atoms with Crippen molar-refractivity contribution in [2.24, 2.45) is 5.16 Å². The zero-order chi connectivity index (χ0) is 10.6. The van der Waals surface area contributed by atoms with Crippen LogP contribution in [0.4, 0.5) is 5.82 Å². The first kappa shape index (κ1) is 10.3. The lowest BCUT2D eigenvalue weighted by Gasteiger charge is -2.11. The Balaban J connectivity index is 2.95. The minimum atomic E-state index is 0.192. The van der Waals surface area contributed by atoms with Crippen LogP contribution in [0.5, 0.6) is 0 Å². The maximum atomic E-state index is 5.52. The number of nitrogens with zero attached hydrogens (tertiary/aromatic N) is 4. The van der Waals surface area contributed by atoms with Gasteiger partial charge in [-0.3, -0.25) is 0 Å². The van der Waals surface area contributed by atoms with Crippen LogP contribution in [0.2, 0.25) is 0 Å². The van der Waals surface area contributed by atoms with Gasteiger partial charge in [0, 0.05) is 14.1 Å². The molecule has 7 nitrogen and oxygen atoms in total. The van der Waals surface area contributed by atoms with Crippen LogP contribution in [0.25, 0.3) is 0 Å². The molecule has 1 aromatic heterocycles. The predicted molar refractivity (Wildman–Crippen MR) is 50.6 cm³/mol. The first-order chi connectivity index (χ1) is 6.66. The topological polar surface area (TPSA) is 89.8 Å². The van der Waals surface area contributed by atoms with Crippen LogP contribution in [-0.4, -0.2) is 41.8 Å². The highest BCUT2D eigenvalue weighted by Crippen LogP contribution is 2.07. The van der Waals surface area contributed by atoms with Crippen LogP contribution in [0.15, 0.2) is 9.78 Å². The number of hydrogen-bond donors (Lipinski definition) is 1. The summed E-state index contributed by atoms with van der Waals surface area (Å²) in [5, 5.41) is 10.9. The van der Waals surface area contributed by atoms with Gasteiger partial charge in [0.05, 0.1) is 0 Å². The molecule has 7 heteroatoms. The molecule has 0 bridgehead atoms. The summed E-state index contributed by atoms with van der Waals surface area (Å²) in [6, 6.07) is 0. The van der Waals surface area contributed by atoms with E-state index in [1.807, 2.05) is 6.92 Å². The molecule has 2 N–H and O–H groups in total. The van der Waals surface area contributed by atoms with Crippen molar-refractivity contribution in [1.29, 1.82) is 0 Å². The van der Waals surface area contributed by atoms with Crippen molar-refractivity contribution in [3.05, 3.63) is 5.69 Å². The standard InChI is InChI=1S/C7H13N5O2/c1-4-13-11-7(12(2)3)5-6(8)10-14-9-5/h4H2,1-3H3,(H2,8,10)/b11-7-. The summed E-state index contributed by atoms with van der Waals surface area (Å²) < 4.78 is 4.47. The second-order valence-electron chi connectivity index (χ2n) is 2.73. The van der Waals surface area contributed by atoms with Gasteiger partial charge in [-0.25, -0.2) is 4.63 Å². The molecule has 1 heterocycles. The molecular weight excluding hydrogens is 186 g/mol. The lowest BCUT2D eigenvalue weighted by Crippen LogP contribution is -2.24. The van der Waals surface area contributed by atoms with Gasteiger partial charge < -0.3 is 15.5 Å². The maximum Gasteiger partial charge on any atom is 0.201 e. The Labute approximate surface area is 81.5 Å². The Morgan fingerprint density at radius 2 is 2.29 bits per heavy atom. The number of nitrogens with two attached hydrogens (primary N) is 1. The van der Waals surface area contributed by atoms with E-state index < -0.39 is 0 Å². The molecule has 0 atom stereocenters. The Bertz CT molecular complexity index is 320. The summed E-state index contributed by atoms with van der Waals surface area (Å²) in [7, 11) is 3.60. The van der Waals surface area contributed by atoms with Gasteiger partial charge >= 0.3 is 0 Å². The highest BCUT2D eigenvalue weighted by Gasteiger charge is 2.16. The van der Waals surface area contributed by atoms with E-state index in [-0.39, 0.29) is 5.82 Å². The third-order valence-electron chi connectivity index (χ3n) is 1.43. The highest BCUT2D eigenvalue weighted by molar-refractivity contribution is 5.99. The molecule has 78 valence electrons. The molecule has 0 aromatic carbocycles. The first-order valence-corrected chi connectivity index (χ1v) is 4.12. The zero-order valence-corrected chi connectivity index (χ0v) is 8.39. The number of aromatic nitrogens is 2. The molecule has 0 unspecified atom stereocenters. The average molecular weight is 199 g/mol. The van der Waals surface area contributed by atoms with E-state index in [1.54, 1.807) is 19.0 Å². The van der Waals surface area contributed by atoms with Crippen molar-refractivity contribution in [2.45, 2.75) is 6.92 Å². The summed E-state index contributed by atoms with van der Waals surface area (Å²) in [6.07, 6.45) is 0. The zero-order valence-electron chi connectivity index (χ0n) is 8.39.